The zero-order valence-electron chi connectivity index (χ0n) is 13.0. The van der Waals surface area contributed by atoms with Crippen molar-refractivity contribution < 1.29 is 19.0 Å². The van der Waals surface area contributed by atoms with E-state index >= 15 is 0 Å². The number of hydrogen-bond acceptors (Lipinski definition) is 6. The van der Waals surface area contributed by atoms with E-state index in [-0.39, 0.29) is 18.2 Å². The van der Waals surface area contributed by atoms with E-state index in [1.165, 1.54) is 24.3 Å². The molecule has 8 heteroatoms. The van der Waals surface area contributed by atoms with Crippen molar-refractivity contribution in [2.24, 2.45) is 4.99 Å². The molecule has 0 saturated heterocycles. The Hall–Kier alpha value is -2.97. The second-order valence-corrected chi connectivity index (χ2v) is 5.32. The van der Waals surface area contributed by atoms with Gasteiger partial charge in [0.1, 0.15) is 11.6 Å². The van der Waals surface area contributed by atoms with Gasteiger partial charge in [0.05, 0.1) is 6.54 Å². The van der Waals surface area contributed by atoms with Crippen LogP contribution in [-0.2, 0) is 0 Å². The quantitative estimate of drug-likeness (QED) is 0.549. The minimum absolute atomic E-state index is 0.117. The van der Waals surface area contributed by atoms with Gasteiger partial charge >= 0.3 is 0 Å². The van der Waals surface area contributed by atoms with Gasteiger partial charge in [-0.25, -0.2) is 13.8 Å². The normalized spacial score (nSPS) is 14.2. The van der Waals surface area contributed by atoms with E-state index < -0.39 is 12.1 Å². The van der Waals surface area contributed by atoms with Gasteiger partial charge in [-0.3, -0.25) is 0 Å². The Morgan fingerprint density at radius 1 is 0.920 bits per heavy atom. The third kappa shape index (κ3) is 4.31. The molecule has 6 nitrogen and oxygen atoms in total. The van der Waals surface area contributed by atoms with Crippen LogP contribution < -0.4 is 16.0 Å². The number of anilines is 2. The number of aliphatic hydroxyl groups is 2. The SMILES string of the molecule is OC(O)c1ccc(NC2=NCC(F)=C(Nc3ccc(F)cc3)N2)cc1. The van der Waals surface area contributed by atoms with Gasteiger partial charge in [0.25, 0.3) is 0 Å². The number of nitrogens with one attached hydrogen (secondary N) is 3. The van der Waals surface area contributed by atoms with Crippen molar-refractivity contribution in [3.63, 3.8) is 0 Å². The predicted octanol–water partition coefficient (Wildman–Crippen LogP) is 2.43. The molecule has 0 fully saturated rings. The van der Waals surface area contributed by atoms with Gasteiger partial charge in [0.15, 0.2) is 12.1 Å². The smallest absolute Gasteiger partial charge is 0.201 e. The van der Waals surface area contributed by atoms with Crippen LogP contribution in [0.1, 0.15) is 11.9 Å². The number of rotatable bonds is 4. The third-order valence-electron chi connectivity index (χ3n) is 3.48. The fourth-order valence-electron chi connectivity index (χ4n) is 2.18. The second kappa shape index (κ2) is 7.29. The monoisotopic (exact) mass is 346 g/mol. The lowest BCUT2D eigenvalue weighted by Gasteiger charge is -2.21. The van der Waals surface area contributed by atoms with Gasteiger partial charge in [-0.05, 0) is 36.4 Å². The molecule has 3 rings (SSSR count). The average molecular weight is 346 g/mol. The van der Waals surface area contributed by atoms with E-state index in [1.54, 1.807) is 24.3 Å². The Bertz CT molecular complexity index is 802. The molecule has 2 aromatic carbocycles. The molecule has 0 saturated carbocycles. The molecule has 1 aliphatic heterocycles. The summed E-state index contributed by atoms with van der Waals surface area (Å²) in [5.41, 5.74) is 1.52. The highest BCUT2D eigenvalue weighted by molar-refractivity contribution is 5.95. The number of nitrogens with zero attached hydrogens (tertiary/aromatic N) is 1. The number of guanidine groups is 1. The highest BCUT2D eigenvalue weighted by Gasteiger charge is 2.15. The van der Waals surface area contributed by atoms with Crippen molar-refractivity contribution in [1.82, 2.24) is 5.32 Å². The lowest BCUT2D eigenvalue weighted by atomic mass is 10.2. The molecule has 1 heterocycles. The van der Waals surface area contributed by atoms with Crippen molar-refractivity contribution in [2.75, 3.05) is 17.2 Å². The summed E-state index contributed by atoms with van der Waals surface area (Å²) >= 11 is 0. The van der Waals surface area contributed by atoms with Crippen LogP contribution in [0.4, 0.5) is 20.2 Å². The first-order valence-corrected chi connectivity index (χ1v) is 7.47. The lowest BCUT2D eigenvalue weighted by Crippen LogP contribution is -2.36. The van der Waals surface area contributed by atoms with Crippen LogP contribution in [0, 0.1) is 5.82 Å². The molecule has 2 aromatic rings. The minimum Gasteiger partial charge on any atom is -0.364 e. The van der Waals surface area contributed by atoms with Crippen LogP contribution in [0.15, 0.2) is 65.2 Å². The van der Waals surface area contributed by atoms with E-state index in [0.29, 0.717) is 22.9 Å². The highest BCUT2D eigenvalue weighted by atomic mass is 19.1. The van der Waals surface area contributed by atoms with E-state index in [9.17, 15) is 8.78 Å². The Morgan fingerprint density at radius 3 is 2.16 bits per heavy atom. The zero-order valence-corrected chi connectivity index (χ0v) is 13.0. The minimum atomic E-state index is -1.54. The first kappa shape index (κ1) is 16.9. The van der Waals surface area contributed by atoms with E-state index in [1.807, 2.05) is 0 Å². The van der Waals surface area contributed by atoms with Gasteiger partial charge in [-0.1, -0.05) is 12.1 Å². The van der Waals surface area contributed by atoms with Crippen LogP contribution >= 0.6 is 0 Å². The fraction of sp³-hybridized carbons (Fsp3) is 0.118. The molecule has 0 spiro atoms. The Balaban J connectivity index is 1.65. The molecule has 0 bridgehead atoms. The van der Waals surface area contributed by atoms with Crippen LogP contribution in [-0.4, -0.2) is 22.7 Å². The maximum Gasteiger partial charge on any atom is 0.201 e. The molecule has 0 aliphatic carbocycles. The van der Waals surface area contributed by atoms with Crippen LogP contribution in [0.3, 0.4) is 0 Å². The first-order valence-electron chi connectivity index (χ1n) is 7.47. The Morgan fingerprint density at radius 2 is 1.52 bits per heavy atom. The summed E-state index contributed by atoms with van der Waals surface area (Å²) in [6.07, 6.45) is -1.54. The van der Waals surface area contributed by atoms with E-state index in [2.05, 4.69) is 20.9 Å². The molecule has 0 atom stereocenters. The summed E-state index contributed by atoms with van der Waals surface area (Å²) in [6, 6.07) is 11.9. The standard InChI is InChI=1S/C17H16F2N4O2/c18-11-3-7-12(8-4-11)21-15-14(19)9-20-17(23-15)22-13-5-1-10(2-6-13)16(24)25/h1-8,16,21,24-25H,9H2,(H2,20,22,23). The van der Waals surface area contributed by atoms with Crippen LogP contribution in [0.5, 0.6) is 0 Å². The number of halogens is 2. The van der Waals surface area contributed by atoms with Gasteiger partial charge in [-0.15, -0.1) is 0 Å². The lowest BCUT2D eigenvalue weighted by molar-refractivity contribution is -0.0424. The summed E-state index contributed by atoms with van der Waals surface area (Å²) in [7, 11) is 0. The zero-order chi connectivity index (χ0) is 17.8. The summed E-state index contributed by atoms with van der Waals surface area (Å²) in [6.45, 7) is -0.147. The number of benzene rings is 2. The number of aliphatic imine (C=N–C) groups is 1. The van der Waals surface area contributed by atoms with Gasteiger partial charge in [-0.2, -0.15) is 0 Å². The van der Waals surface area contributed by atoms with Crippen molar-refractivity contribution >= 4 is 17.3 Å². The summed E-state index contributed by atoms with van der Waals surface area (Å²) in [5, 5.41) is 26.8. The number of hydrogen-bond donors (Lipinski definition) is 5. The Kier molecular flexibility index (Phi) is 4.92. The highest BCUT2D eigenvalue weighted by Crippen LogP contribution is 2.17. The summed E-state index contributed by atoms with van der Waals surface area (Å²) < 4.78 is 26.9. The third-order valence-corrected chi connectivity index (χ3v) is 3.48. The molecular formula is C17H16F2N4O2. The topological polar surface area (TPSA) is 88.9 Å². The fourth-order valence-corrected chi connectivity index (χ4v) is 2.18. The molecule has 1 aliphatic rings. The largest absolute Gasteiger partial charge is 0.364 e. The van der Waals surface area contributed by atoms with Crippen molar-refractivity contribution in [1.29, 1.82) is 0 Å². The predicted molar refractivity (Wildman–Crippen MR) is 90.8 cm³/mol. The number of aliphatic hydroxyl groups excluding tert-OH is 1. The van der Waals surface area contributed by atoms with Crippen molar-refractivity contribution in [2.45, 2.75) is 6.29 Å². The van der Waals surface area contributed by atoms with Gasteiger partial charge < -0.3 is 26.2 Å². The van der Waals surface area contributed by atoms with Gasteiger partial charge in [0.2, 0.25) is 5.96 Å². The molecule has 0 unspecified atom stereocenters. The van der Waals surface area contributed by atoms with Crippen molar-refractivity contribution in [3.05, 3.63) is 71.6 Å². The maximum atomic E-state index is 14.0. The van der Waals surface area contributed by atoms with E-state index in [0.717, 1.165) is 0 Å². The van der Waals surface area contributed by atoms with Crippen LogP contribution in [0.25, 0.3) is 0 Å². The second-order valence-electron chi connectivity index (χ2n) is 5.32. The van der Waals surface area contributed by atoms with E-state index in [4.69, 9.17) is 10.2 Å². The molecule has 130 valence electrons. The van der Waals surface area contributed by atoms with Gasteiger partial charge in [0, 0.05) is 16.9 Å². The molecule has 0 amide bonds. The average Bonchev–Trinajstić information content (AvgIpc) is 2.60. The molecule has 5 N–H and O–H groups in total. The Labute approximate surface area is 142 Å². The van der Waals surface area contributed by atoms with Crippen molar-refractivity contribution in [3.8, 4) is 0 Å². The first-order chi connectivity index (χ1) is 12.0. The summed E-state index contributed by atoms with van der Waals surface area (Å²) in [4.78, 5) is 4.03. The van der Waals surface area contributed by atoms with Crippen LogP contribution in [0.2, 0.25) is 0 Å². The molecular weight excluding hydrogens is 330 g/mol. The molecule has 25 heavy (non-hydrogen) atoms. The molecule has 0 aromatic heterocycles. The molecule has 0 radical (unpaired) electrons. The maximum absolute atomic E-state index is 14.0. The summed E-state index contributed by atoms with van der Waals surface area (Å²) in [5.74, 6) is -0.416.